The second-order valence-electron chi connectivity index (χ2n) is 4.52. The number of nitrogens with one attached hydrogen (secondary N) is 1. The highest BCUT2D eigenvalue weighted by Crippen LogP contribution is 2.08. The van der Waals surface area contributed by atoms with E-state index in [4.69, 9.17) is 5.73 Å². The summed E-state index contributed by atoms with van der Waals surface area (Å²) in [6.07, 6.45) is 3.42. The largest absolute Gasteiger partial charge is 0.352 e. The molecule has 0 aromatic carbocycles. The van der Waals surface area contributed by atoms with Gasteiger partial charge in [0.1, 0.15) is 0 Å². The Morgan fingerprint density at radius 2 is 1.79 bits per heavy atom. The van der Waals surface area contributed by atoms with Crippen LogP contribution in [0, 0.1) is 5.92 Å². The highest BCUT2D eigenvalue weighted by Gasteiger charge is 2.10. The molecule has 3 nitrogen and oxygen atoms in total. The molecule has 0 aromatic rings. The van der Waals surface area contributed by atoms with Crippen molar-refractivity contribution in [3.8, 4) is 0 Å². The molecule has 0 saturated heterocycles. The first-order chi connectivity index (χ1) is 6.43. The molecule has 0 saturated carbocycles. The summed E-state index contributed by atoms with van der Waals surface area (Å²) in [6.45, 7) is 8.16. The molecule has 0 heterocycles. The van der Waals surface area contributed by atoms with Crippen LogP contribution in [0.2, 0.25) is 0 Å². The number of carbonyl (C=O) groups is 1. The van der Waals surface area contributed by atoms with Crippen molar-refractivity contribution in [1.82, 2.24) is 5.32 Å². The van der Waals surface area contributed by atoms with Crippen LogP contribution in [0.5, 0.6) is 0 Å². The molecule has 0 fully saturated rings. The van der Waals surface area contributed by atoms with Crippen LogP contribution in [0.1, 0.15) is 47.0 Å². The molecule has 0 radical (unpaired) electrons. The maximum Gasteiger partial charge on any atom is 0.236 e. The second kappa shape index (κ2) is 6.82. The summed E-state index contributed by atoms with van der Waals surface area (Å²) in [5.41, 5.74) is 5.45. The minimum Gasteiger partial charge on any atom is -0.352 e. The lowest BCUT2D eigenvalue weighted by atomic mass is 10.0. The van der Waals surface area contributed by atoms with E-state index in [0.717, 1.165) is 18.8 Å². The molecule has 1 amide bonds. The van der Waals surface area contributed by atoms with E-state index in [1.807, 2.05) is 6.92 Å². The molecular formula is C11H24N2O. The Labute approximate surface area is 87.4 Å². The predicted molar refractivity (Wildman–Crippen MR) is 59.9 cm³/mol. The lowest BCUT2D eigenvalue weighted by Gasteiger charge is -2.15. The minimum absolute atomic E-state index is 0.0537. The summed E-state index contributed by atoms with van der Waals surface area (Å²) in [5, 5.41) is 2.89. The number of hydrogen-bond donors (Lipinski definition) is 2. The van der Waals surface area contributed by atoms with Crippen LogP contribution < -0.4 is 11.1 Å². The molecule has 0 aromatic heterocycles. The molecular weight excluding hydrogens is 176 g/mol. The molecule has 0 spiro atoms. The van der Waals surface area contributed by atoms with Gasteiger partial charge >= 0.3 is 0 Å². The van der Waals surface area contributed by atoms with Gasteiger partial charge in [-0.25, -0.2) is 0 Å². The van der Waals surface area contributed by atoms with Crippen molar-refractivity contribution in [2.45, 2.75) is 59.0 Å². The number of rotatable bonds is 6. The predicted octanol–water partition coefficient (Wildman–Crippen LogP) is 1.66. The monoisotopic (exact) mass is 200 g/mol. The smallest absolute Gasteiger partial charge is 0.236 e. The number of carbonyl (C=O) groups excluding carboxylic acids is 1. The van der Waals surface area contributed by atoms with E-state index in [2.05, 4.69) is 19.2 Å². The third kappa shape index (κ3) is 6.89. The maximum atomic E-state index is 11.2. The number of amides is 1. The summed E-state index contributed by atoms with van der Waals surface area (Å²) in [5.74, 6) is 0.688. The number of nitrogens with two attached hydrogens (primary N) is 1. The van der Waals surface area contributed by atoms with Crippen LogP contribution >= 0.6 is 0 Å². The molecule has 2 atom stereocenters. The van der Waals surface area contributed by atoms with Crippen molar-refractivity contribution >= 4 is 5.91 Å². The Hall–Kier alpha value is -0.570. The van der Waals surface area contributed by atoms with Gasteiger partial charge in [0.25, 0.3) is 0 Å². The molecule has 3 heteroatoms. The zero-order chi connectivity index (χ0) is 11.1. The Bertz CT molecular complexity index is 167. The normalized spacial score (nSPS) is 15.3. The minimum atomic E-state index is -0.400. The SMILES string of the molecule is CC(C)CCCC(C)NC(=O)C(C)N. The molecule has 0 rings (SSSR count). The molecule has 0 aliphatic carbocycles. The summed E-state index contributed by atoms with van der Waals surface area (Å²) >= 11 is 0. The van der Waals surface area contributed by atoms with Crippen LogP contribution in [0.25, 0.3) is 0 Å². The van der Waals surface area contributed by atoms with Gasteiger partial charge in [0, 0.05) is 6.04 Å². The van der Waals surface area contributed by atoms with Gasteiger partial charge in [-0.1, -0.05) is 26.7 Å². The topological polar surface area (TPSA) is 55.1 Å². The second-order valence-corrected chi connectivity index (χ2v) is 4.52. The van der Waals surface area contributed by atoms with Gasteiger partial charge in [0.15, 0.2) is 0 Å². The number of hydrogen-bond acceptors (Lipinski definition) is 2. The molecule has 0 bridgehead atoms. The average Bonchev–Trinajstić information content (AvgIpc) is 2.02. The fraction of sp³-hybridized carbons (Fsp3) is 0.909. The van der Waals surface area contributed by atoms with Gasteiger partial charge in [-0.05, 0) is 26.2 Å². The van der Waals surface area contributed by atoms with Crippen molar-refractivity contribution < 1.29 is 4.79 Å². The summed E-state index contributed by atoms with van der Waals surface area (Å²) < 4.78 is 0. The summed E-state index contributed by atoms with van der Waals surface area (Å²) in [4.78, 5) is 11.2. The lowest BCUT2D eigenvalue weighted by Crippen LogP contribution is -2.42. The molecule has 2 unspecified atom stereocenters. The zero-order valence-electron chi connectivity index (χ0n) is 9.84. The first kappa shape index (κ1) is 13.4. The quantitative estimate of drug-likeness (QED) is 0.685. The molecule has 3 N–H and O–H groups in total. The summed E-state index contributed by atoms with van der Waals surface area (Å²) in [6, 6.07) is -0.158. The van der Waals surface area contributed by atoms with Crippen molar-refractivity contribution in [3.63, 3.8) is 0 Å². The average molecular weight is 200 g/mol. The van der Waals surface area contributed by atoms with Gasteiger partial charge in [-0.15, -0.1) is 0 Å². The van der Waals surface area contributed by atoms with E-state index in [1.165, 1.54) is 6.42 Å². The van der Waals surface area contributed by atoms with Crippen molar-refractivity contribution in [1.29, 1.82) is 0 Å². The molecule has 84 valence electrons. The Morgan fingerprint density at radius 1 is 1.21 bits per heavy atom. The standard InChI is InChI=1S/C11H24N2O/c1-8(2)6-5-7-9(3)13-11(14)10(4)12/h8-10H,5-7,12H2,1-4H3,(H,13,14). The van der Waals surface area contributed by atoms with Crippen LogP contribution in [0.4, 0.5) is 0 Å². The van der Waals surface area contributed by atoms with E-state index in [-0.39, 0.29) is 11.9 Å². The van der Waals surface area contributed by atoms with Crippen LogP contribution in [-0.2, 0) is 4.79 Å². The van der Waals surface area contributed by atoms with Crippen molar-refractivity contribution in [2.24, 2.45) is 11.7 Å². The highest BCUT2D eigenvalue weighted by molar-refractivity contribution is 5.81. The van der Waals surface area contributed by atoms with Gasteiger partial charge in [-0.3, -0.25) is 4.79 Å². The third-order valence-corrected chi connectivity index (χ3v) is 2.22. The fourth-order valence-electron chi connectivity index (χ4n) is 1.28. The van der Waals surface area contributed by atoms with Gasteiger partial charge in [-0.2, -0.15) is 0 Å². The maximum absolute atomic E-state index is 11.2. The van der Waals surface area contributed by atoms with E-state index >= 15 is 0 Å². The zero-order valence-corrected chi connectivity index (χ0v) is 9.84. The van der Waals surface area contributed by atoms with E-state index in [9.17, 15) is 4.79 Å². The first-order valence-corrected chi connectivity index (χ1v) is 5.49. The summed E-state index contributed by atoms with van der Waals surface area (Å²) in [7, 11) is 0. The van der Waals surface area contributed by atoms with Crippen molar-refractivity contribution in [3.05, 3.63) is 0 Å². The highest BCUT2D eigenvalue weighted by atomic mass is 16.2. The third-order valence-electron chi connectivity index (χ3n) is 2.22. The fourth-order valence-corrected chi connectivity index (χ4v) is 1.28. The lowest BCUT2D eigenvalue weighted by molar-refractivity contribution is -0.122. The van der Waals surface area contributed by atoms with Gasteiger partial charge in [0.2, 0.25) is 5.91 Å². The van der Waals surface area contributed by atoms with Crippen molar-refractivity contribution in [2.75, 3.05) is 0 Å². The Morgan fingerprint density at radius 3 is 2.21 bits per heavy atom. The Balaban J connectivity index is 3.55. The van der Waals surface area contributed by atoms with Crippen LogP contribution in [-0.4, -0.2) is 18.0 Å². The molecule has 14 heavy (non-hydrogen) atoms. The van der Waals surface area contributed by atoms with Gasteiger partial charge in [0.05, 0.1) is 6.04 Å². The first-order valence-electron chi connectivity index (χ1n) is 5.49. The van der Waals surface area contributed by atoms with E-state index < -0.39 is 6.04 Å². The Kier molecular flexibility index (Phi) is 6.54. The van der Waals surface area contributed by atoms with E-state index in [1.54, 1.807) is 6.92 Å². The molecule has 0 aliphatic rings. The molecule has 0 aliphatic heterocycles. The van der Waals surface area contributed by atoms with Crippen LogP contribution in [0.15, 0.2) is 0 Å². The van der Waals surface area contributed by atoms with Crippen LogP contribution in [0.3, 0.4) is 0 Å². The van der Waals surface area contributed by atoms with Gasteiger partial charge < -0.3 is 11.1 Å². The van der Waals surface area contributed by atoms with E-state index in [0.29, 0.717) is 0 Å².